The number of hydrogen-bond acceptors (Lipinski definition) is 3. The van der Waals surface area contributed by atoms with E-state index in [-0.39, 0.29) is 5.75 Å². The molecule has 0 aliphatic heterocycles. The smallest absolute Gasteiger partial charge is 0.157 e. The van der Waals surface area contributed by atoms with Crippen molar-refractivity contribution in [3.63, 3.8) is 0 Å². The molecule has 6 heteroatoms. The molecule has 0 saturated heterocycles. The molecule has 0 aromatic heterocycles. The molecule has 0 bridgehead atoms. The molecule has 22 heavy (non-hydrogen) atoms. The van der Waals surface area contributed by atoms with E-state index < -0.39 is 21.2 Å². The van der Waals surface area contributed by atoms with Gasteiger partial charge in [-0.05, 0) is 30.7 Å². The van der Waals surface area contributed by atoms with E-state index in [0.717, 1.165) is 0 Å². The minimum Gasteiger partial charge on any atom is -0.384 e. The molecule has 0 heterocycles. The van der Waals surface area contributed by atoms with Crippen molar-refractivity contribution in [1.29, 1.82) is 0 Å². The van der Waals surface area contributed by atoms with E-state index in [0.29, 0.717) is 21.2 Å². The van der Waals surface area contributed by atoms with Crippen LogP contribution in [0, 0.1) is 0 Å². The second-order valence-corrected chi connectivity index (χ2v) is 8.32. The summed E-state index contributed by atoms with van der Waals surface area (Å²) in [6.07, 6.45) is 0. The fraction of sp³-hybridized carbons (Fsp3) is 0.250. The van der Waals surface area contributed by atoms with Gasteiger partial charge in [0.15, 0.2) is 9.84 Å². The normalized spacial score (nSPS) is 14.5. The van der Waals surface area contributed by atoms with Crippen LogP contribution in [0.2, 0.25) is 10.0 Å². The Hall–Kier alpha value is -1.07. The lowest BCUT2D eigenvalue weighted by Crippen LogP contribution is -2.32. The molecule has 0 aliphatic rings. The van der Waals surface area contributed by atoms with E-state index in [2.05, 4.69) is 0 Å². The van der Waals surface area contributed by atoms with Crippen LogP contribution in [0.3, 0.4) is 0 Å². The molecule has 0 aliphatic carbocycles. The van der Waals surface area contributed by atoms with Crippen molar-refractivity contribution in [2.75, 3.05) is 5.75 Å². The van der Waals surface area contributed by atoms with Crippen LogP contribution in [-0.2, 0) is 21.2 Å². The molecule has 0 saturated carbocycles. The topological polar surface area (TPSA) is 54.4 Å². The van der Waals surface area contributed by atoms with Gasteiger partial charge in [0.05, 0.1) is 11.5 Å². The van der Waals surface area contributed by atoms with Crippen molar-refractivity contribution in [3.8, 4) is 0 Å². The lowest BCUT2D eigenvalue weighted by molar-refractivity contribution is 0.0820. The minimum absolute atomic E-state index is 0.162. The average Bonchev–Trinajstić information content (AvgIpc) is 2.40. The molecule has 0 radical (unpaired) electrons. The van der Waals surface area contributed by atoms with Crippen LogP contribution in [0.5, 0.6) is 0 Å². The Morgan fingerprint density at radius 2 is 1.64 bits per heavy atom. The monoisotopic (exact) mass is 358 g/mol. The summed E-state index contributed by atoms with van der Waals surface area (Å²) in [4.78, 5) is 0. The van der Waals surface area contributed by atoms with Crippen LogP contribution in [0.1, 0.15) is 18.1 Å². The molecule has 2 rings (SSSR count). The highest BCUT2D eigenvalue weighted by Crippen LogP contribution is 2.29. The third kappa shape index (κ3) is 4.46. The summed E-state index contributed by atoms with van der Waals surface area (Å²) in [5.74, 6) is -0.572. The molecular weight excluding hydrogens is 343 g/mol. The summed E-state index contributed by atoms with van der Waals surface area (Å²) in [6, 6.07) is 13.3. The number of halogens is 2. The zero-order valence-electron chi connectivity index (χ0n) is 12.0. The maximum Gasteiger partial charge on any atom is 0.157 e. The van der Waals surface area contributed by atoms with Crippen LogP contribution in [-0.4, -0.2) is 19.3 Å². The number of benzene rings is 2. The molecule has 0 spiro atoms. The summed E-state index contributed by atoms with van der Waals surface area (Å²) >= 11 is 11.8. The van der Waals surface area contributed by atoms with Gasteiger partial charge in [0.25, 0.3) is 0 Å². The lowest BCUT2D eigenvalue weighted by Gasteiger charge is -2.24. The Morgan fingerprint density at radius 1 is 1.05 bits per heavy atom. The number of hydrogen-bond donors (Lipinski definition) is 1. The van der Waals surface area contributed by atoms with E-state index in [9.17, 15) is 13.5 Å². The zero-order chi connectivity index (χ0) is 16.4. The first-order valence-corrected chi connectivity index (χ1v) is 9.20. The van der Waals surface area contributed by atoms with Crippen molar-refractivity contribution in [2.45, 2.75) is 18.3 Å². The summed E-state index contributed by atoms with van der Waals surface area (Å²) in [7, 11) is -3.52. The molecule has 0 amide bonds. The Bertz CT molecular complexity index is 753. The molecule has 0 fully saturated rings. The third-order valence-electron chi connectivity index (χ3n) is 3.25. The Morgan fingerprint density at radius 3 is 2.23 bits per heavy atom. The highest BCUT2D eigenvalue weighted by molar-refractivity contribution is 7.90. The standard InChI is InChI=1S/C16H16Cl2O3S/c1-16(19,14-4-2-3-5-15(14)18)11-22(20,21)10-12-6-8-13(17)9-7-12/h2-9,19H,10-11H2,1H3/t16-/m0/s1. The SMILES string of the molecule is C[C@](O)(CS(=O)(=O)Cc1ccc(Cl)cc1)c1ccccc1Cl. The van der Waals surface area contributed by atoms with E-state index in [1.165, 1.54) is 6.92 Å². The van der Waals surface area contributed by atoms with Crippen molar-refractivity contribution < 1.29 is 13.5 Å². The van der Waals surface area contributed by atoms with Gasteiger partial charge in [-0.15, -0.1) is 0 Å². The maximum atomic E-state index is 12.3. The second kappa shape index (κ2) is 6.59. The van der Waals surface area contributed by atoms with Gasteiger partial charge in [0.2, 0.25) is 0 Å². The Labute approximate surface area is 140 Å². The molecule has 2 aromatic carbocycles. The molecule has 3 nitrogen and oxygen atoms in total. The van der Waals surface area contributed by atoms with Crippen LogP contribution < -0.4 is 0 Å². The minimum atomic E-state index is -3.52. The van der Waals surface area contributed by atoms with Crippen LogP contribution in [0.25, 0.3) is 0 Å². The van der Waals surface area contributed by atoms with Crippen LogP contribution in [0.4, 0.5) is 0 Å². The van der Waals surface area contributed by atoms with E-state index >= 15 is 0 Å². The second-order valence-electron chi connectivity index (χ2n) is 5.41. The predicted octanol–water partition coefficient (Wildman–Crippen LogP) is 3.82. The molecule has 1 N–H and O–H groups in total. The largest absolute Gasteiger partial charge is 0.384 e. The summed E-state index contributed by atoms with van der Waals surface area (Å²) in [5.41, 5.74) is -0.528. The fourth-order valence-electron chi connectivity index (χ4n) is 2.29. The van der Waals surface area contributed by atoms with Crippen molar-refractivity contribution in [1.82, 2.24) is 0 Å². The Kier molecular flexibility index (Phi) is 5.17. The van der Waals surface area contributed by atoms with Gasteiger partial charge in [0.1, 0.15) is 5.60 Å². The van der Waals surface area contributed by atoms with Gasteiger partial charge in [-0.2, -0.15) is 0 Å². The number of aliphatic hydroxyl groups is 1. The van der Waals surface area contributed by atoms with Crippen molar-refractivity contribution >= 4 is 33.0 Å². The maximum absolute atomic E-state index is 12.3. The van der Waals surface area contributed by atoms with Crippen molar-refractivity contribution in [2.24, 2.45) is 0 Å². The van der Waals surface area contributed by atoms with E-state index in [1.807, 2.05) is 0 Å². The van der Waals surface area contributed by atoms with Gasteiger partial charge in [-0.1, -0.05) is 53.5 Å². The molecular formula is C16H16Cl2O3S. The van der Waals surface area contributed by atoms with Crippen molar-refractivity contribution in [3.05, 3.63) is 69.7 Å². The predicted molar refractivity (Wildman–Crippen MR) is 90.0 cm³/mol. The zero-order valence-corrected chi connectivity index (χ0v) is 14.3. The highest BCUT2D eigenvalue weighted by atomic mass is 35.5. The quantitative estimate of drug-likeness (QED) is 0.883. The molecule has 1 atom stereocenters. The van der Waals surface area contributed by atoms with Crippen LogP contribution in [0.15, 0.2) is 48.5 Å². The van der Waals surface area contributed by atoms with Gasteiger partial charge >= 0.3 is 0 Å². The van der Waals surface area contributed by atoms with Gasteiger partial charge in [-0.25, -0.2) is 8.42 Å². The van der Waals surface area contributed by atoms with Crippen LogP contribution >= 0.6 is 23.2 Å². The first-order chi connectivity index (χ1) is 10.2. The summed E-state index contributed by atoms with van der Waals surface area (Å²) in [5, 5.41) is 11.4. The first-order valence-electron chi connectivity index (χ1n) is 6.62. The van der Waals surface area contributed by atoms with E-state index in [4.69, 9.17) is 23.2 Å². The van der Waals surface area contributed by atoms with Gasteiger partial charge < -0.3 is 5.11 Å². The van der Waals surface area contributed by atoms with Gasteiger partial charge in [0, 0.05) is 15.6 Å². The fourth-order valence-corrected chi connectivity index (χ4v) is 4.57. The lowest BCUT2D eigenvalue weighted by atomic mass is 9.98. The molecule has 2 aromatic rings. The number of rotatable bonds is 5. The summed E-state index contributed by atoms with van der Waals surface area (Å²) < 4.78 is 24.7. The molecule has 118 valence electrons. The average molecular weight is 359 g/mol. The molecule has 0 unspecified atom stereocenters. The van der Waals surface area contributed by atoms with E-state index in [1.54, 1.807) is 48.5 Å². The first kappa shape index (κ1) is 17.3. The Balaban J connectivity index is 2.20. The highest BCUT2D eigenvalue weighted by Gasteiger charge is 2.31. The number of sulfone groups is 1. The summed E-state index contributed by atoms with van der Waals surface area (Å²) in [6.45, 7) is 1.45. The third-order valence-corrected chi connectivity index (χ3v) is 5.61. The van der Waals surface area contributed by atoms with Gasteiger partial charge in [-0.3, -0.25) is 0 Å².